The van der Waals surface area contributed by atoms with Crippen molar-refractivity contribution in [1.29, 1.82) is 0 Å². The first kappa shape index (κ1) is 28.0. The van der Waals surface area contributed by atoms with Crippen molar-refractivity contribution in [3.05, 3.63) is 105 Å². The fourth-order valence-electron chi connectivity index (χ4n) is 5.45. The zero-order valence-electron chi connectivity index (χ0n) is 23.0. The summed E-state index contributed by atoms with van der Waals surface area (Å²) in [6.45, 7) is 0.967. The predicted octanol–water partition coefficient (Wildman–Crippen LogP) is 4.85. The van der Waals surface area contributed by atoms with Gasteiger partial charge in [-0.3, -0.25) is 14.2 Å². The van der Waals surface area contributed by atoms with Crippen molar-refractivity contribution in [2.24, 2.45) is 5.10 Å². The SMILES string of the molecule is O=C(NN=Cc1ccc(OCC(=O)N2CCC(n3c(=O)[nH]c4ccccc43)CC2)c2ccccc12)c1ccc(O)c(Cl)c1. The largest absolute Gasteiger partial charge is 0.506 e. The molecule has 4 aromatic carbocycles. The van der Waals surface area contributed by atoms with Gasteiger partial charge in [-0.1, -0.05) is 48.0 Å². The van der Waals surface area contributed by atoms with E-state index in [9.17, 15) is 19.5 Å². The number of ether oxygens (including phenoxy) is 1. The van der Waals surface area contributed by atoms with E-state index in [4.69, 9.17) is 16.3 Å². The number of hydrogen-bond donors (Lipinski definition) is 3. The average Bonchev–Trinajstić information content (AvgIpc) is 3.37. The maximum absolute atomic E-state index is 13.1. The number of para-hydroxylation sites is 2. The smallest absolute Gasteiger partial charge is 0.326 e. The van der Waals surface area contributed by atoms with Crippen LogP contribution in [0.4, 0.5) is 0 Å². The molecule has 0 spiro atoms. The summed E-state index contributed by atoms with van der Waals surface area (Å²) in [5.41, 5.74) is 5.03. The minimum atomic E-state index is -0.474. The van der Waals surface area contributed by atoms with E-state index in [0.29, 0.717) is 31.7 Å². The van der Waals surface area contributed by atoms with Crippen LogP contribution in [0.3, 0.4) is 0 Å². The third kappa shape index (κ3) is 5.82. The maximum Gasteiger partial charge on any atom is 0.326 e. The lowest BCUT2D eigenvalue weighted by atomic mass is 10.0. The number of halogens is 1. The summed E-state index contributed by atoms with van der Waals surface area (Å²) in [6.07, 6.45) is 2.89. The summed E-state index contributed by atoms with van der Waals surface area (Å²) in [7, 11) is 0. The van der Waals surface area contributed by atoms with E-state index >= 15 is 0 Å². The second kappa shape index (κ2) is 12.0. The monoisotopic (exact) mass is 597 g/mol. The highest BCUT2D eigenvalue weighted by Gasteiger charge is 2.26. The highest BCUT2D eigenvalue weighted by atomic mass is 35.5. The minimum absolute atomic E-state index is 0.0236. The van der Waals surface area contributed by atoms with Crippen LogP contribution in [0, 0.1) is 0 Å². The van der Waals surface area contributed by atoms with Gasteiger partial charge >= 0.3 is 5.69 Å². The van der Waals surface area contributed by atoms with Crippen LogP contribution in [0.25, 0.3) is 21.8 Å². The Morgan fingerprint density at radius 1 is 1.02 bits per heavy atom. The fourth-order valence-corrected chi connectivity index (χ4v) is 5.63. The first-order valence-corrected chi connectivity index (χ1v) is 14.2. The molecule has 1 fully saturated rings. The van der Waals surface area contributed by atoms with Gasteiger partial charge in [-0.05, 0) is 60.7 Å². The number of H-pyrrole nitrogens is 1. The van der Waals surface area contributed by atoms with E-state index in [1.807, 2.05) is 48.5 Å². The lowest BCUT2D eigenvalue weighted by Crippen LogP contribution is -2.42. The highest BCUT2D eigenvalue weighted by molar-refractivity contribution is 6.32. The molecule has 43 heavy (non-hydrogen) atoms. The standard InChI is InChI=1S/C32H28ClN5O5/c33-25-17-20(9-11-28(25)39)31(41)36-34-18-21-10-12-29(24-6-2-1-5-23(21)24)43-19-30(40)37-15-13-22(14-16-37)38-27-8-4-3-7-26(27)35-32(38)42/h1-12,17-18,22,39H,13-16,19H2,(H,35,42)(H,36,41). The van der Waals surface area contributed by atoms with Gasteiger partial charge in [0.15, 0.2) is 6.61 Å². The topological polar surface area (TPSA) is 129 Å². The number of likely N-dealkylation sites (tertiary alicyclic amines) is 1. The average molecular weight is 598 g/mol. The van der Waals surface area contributed by atoms with Crippen LogP contribution in [0.2, 0.25) is 5.02 Å². The molecule has 0 radical (unpaired) electrons. The number of aromatic hydroxyl groups is 1. The van der Waals surface area contributed by atoms with Crippen molar-refractivity contribution in [2.75, 3.05) is 19.7 Å². The summed E-state index contributed by atoms with van der Waals surface area (Å²) in [4.78, 5) is 42.7. The van der Waals surface area contributed by atoms with Crippen molar-refractivity contribution in [3.8, 4) is 11.5 Å². The van der Waals surface area contributed by atoms with Gasteiger partial charge in [0, 0.05) is 35.6 Å². The molecule has 0 bridgehead atoms. The molecule has 5 aromatic rings. The Bertz CT molecular complexity index is 1920. The molecule has 11 heteroatoms. The molecule has 218 valence electrons. The number of fused-ring (bicyclic) bond motifs is 2. The van der Waals surface area contributed by atoms with Crippen molar-refractivity contribution in [3.63, 3.8) is 0 Å². The van der Waals surface area contributed by atoms with Gasteiger partial charge in [-0.15, -0.1) is 0 Å². The van der Waals surface area contributed by atoms with Gasteiger partial charge in [-0.2, -0.15) is 5.10 Å². The quantitative estimate of drug-likeness (QED) is 0.182. The Kier molecular flexibility index (Phi) is 7.84. The van der Waals surface area contributed by atoms with Crippen LogP contribution in [-0.2, 0) is 4.79 Å². The Labute approximate surface area is 251 Å². The van der Waals surface area contributed by atoms with E-state index in [1.54, 1.807) is 21.6 Å². The Hall–Kier alpha value is -5.09. The molecule has 1 aliphatic rings. The number of nitrogens with zero attached hydrogens (tertiary/aromatic N) is 3. The summed E-state index contributed by atoms with van der Waals surface area (Å²) < 4.78 is 7.79. The number of aromatic nitrogens is 2. The predicted molar refractivity (Wildman–Crippen MR) is 165 cm³/mol. The molecule has 3 N–H and O–H groups in total. The van der Waals surface area contributed by atoms with Crippen molar-refractivity contribution in [2.45, 2.75) is 18.9 Å². The first-order chi connectivity index (χ1) is 20.9. The van der Waals surface area contributed by atoms with Crippen LogP contribution in [-0.4, -0.2) is 57.3 Å². The molecule has 0 saturated carbocycles. The number of hydrazone groups is 1. The van der Waals surface area contributed by atoms with Gasteiger partial charge < -0.3 is 19.7 Å². The van der Waals surface area contributed by atoms with Crippen LogP contribution in [0.15, 0.2) is 88.8 Å². The van der Waals surface area contributed by atoms with Gasteiger partial charge in [0.25, 0.3) is 11.8 Å². The number of carbonyl (C=O) groups excluding carboxylic acids is 2. The van der Waals surface area contributed by atoms with E-state index in [-0.39, 0.29) is 40.6 Å². The highest BCUT2D eigenvalue weighted by Crippen LogP contribution is 2.29. The summed E-state index contributed by atoms with van der Waals surface area (Å²) >= 11 is 5.89. The van der Waals surface area contributed by atoms with Crippen molar-refractivity contribution >= 4 is 51.4 Å². The maximum atomic E-state index is 13.1. The number of amides is 2. The van der Waals surface area contributed by atoms with Crippen LogP contribution in [0.5, 0.6) is 11.5 Å². The second-order valence-electron chi connectivity index (χ2n) is 10.3. The first-order valence-electron chi connectivity index (χ1n) is 13.8. The molecule has 2 amide bonds. The number of carbonyl (C=O) groups is 2. The summed E-state index contributed by atoms with van der Waals surface area (Å²) in [5, 5.41) is 15.3. The summed E-state index contributed by atoms with van der Waals surface area (Å²) in [5.74, 6) is -0.139. The molecule has 0 atom stereocenters. The van der Waals surface area contributed by atoms with Crippen molar-refractivity contribution < 1.29 is 19.4 Å². The number of benzene rings is 4. The molecule has 1 aromatic heterocycles. The van der Waals surface area contributed by atoms with Crippen molar-refractivity contribution in [1.82, 2.24) is 19.9 Å². The number of phenolic OH excluding ortho intramolecular Hbond substituents is 1. The molecule has 1 saturated heterocycles. The Morgan fingerprint density at radius 2 is 1.77 bits per heavy atom. The molecule has 1 aliphatic heterocycles. The molecule has 0 aliphatic carbocycles. The van der Waals surface area contributed by atoms with E-state index < -0.39 is 5.91 Å². The second-order valence-corrected chi connectivity index (χ2v) is 10.7. The number of nitrogens with one attached hydrogen (secondary N) is 2. The lowest BCUT2D eigenvalue weighted by molar-refractivity contribution is -0.134. The van der Waals surface area contributed by atoms with E-state index in [1.165, 1.54) is 24.4 Å². The van der Waals surface area contributed by atoms with Gasteiger partial charge in [0.1, 0.15) is 11.5 Å². The van der Waals surface area contributed by atoms with Gasteiger partial charge in [-0.25, -0.2) is 10.2 Å². The summed E-state index contributed by atoms with van der Waals surface area (Å²) in [6, 6.07) is 23.0. The molecule has 2 heterocycles. The number of imidazole rings is 1. The van der Waals surface area contributed by atoms with E-state index in [2.05, 4.69) is 15.5 Å². The Balaban J connectivity index is 1.08. The Morgan fingerprint density at radius 3 is 2.56 bits per heavy atom. The molecule has 10 nitrogen and oxygen atoms in total. The van der Waals surface area contributed by atoms with Gasteiger partial charge in [0.05, 0.1) is 22.3 Å². The zero-order chi connectivity index (χ0) is 29.9. The van der Waals surface area contributed by atoms with Gasteiger partial charge in [0.2, 0.25) is 0 Å². The number of rotatable bonds is 7. The molecular weight excluding hydrogens is 570 g/mol. The lowest BCUT2D eigenvalue weighted by Gasteiger charge is -2.32. The normalized spacial score (nSPS) is 14.0. The van der Waals surface area contributed by atoms with Crippen LogP contribution >= 0.6 is 11.6 Å². The minimum Gasteiger partial charge on any atom is -0.506 e. The third-order valence-electron chi connectivity index (χ3n) is 7.65. The fraction of sp³-hybridized carbons (Fsp3) is 0.188. The molecular formula is C32H28ClN5O5. The number of aromatic amines is 1. The molecule has 6 rings (SSSR count). The number of hydrogen-bond acceptors (Lipinski definition) is 6. The number of piperidine rings is 1. The molecule has 0 unspecified atom stereocenters. The number of phenols is 1. The van der Waals surface area contributed by atoms with Crippen LogP contribution < -0.4 is 15.9 Å². The van der Waals surface area contributed by atoms with Crippen LogP contribution in [0.1, 0.15) is 34.8 Å². The zero-order valence-corrected chi connectivity index (χ0v) is 23.8. The van der Waals surface area contributed by atoms with E-state index in [0.717, 1.165) is 27.4 Å². The third-order valence-corrected chi connectivity index (χ3v) is 7.96.